The molecule has 0 radical (unpaired) electrons. The molecule has 0 aromatic heterocycles. The molecule has 1 aromatic carbocycles. The third kappa shape index (κ3) is 7.78. The fraction of sp³-hybridized carbons (Fsp3) is 0.588. The van der Waals surface area contributed by atoms with Crippen molar-refractivity contribution >= 4 is 18.3 Å². The minimum atomic E-state index is 0. The molecule has 22 heavy (non-hydrogen) atoms. The van der Waals surface area contributed by atoms with Crippen molar-refractivity contribution in [2.75, 3.05) is 19.8 Å². The number of carbonyl (C=O) groups excluding carboxylic acids is 1. The quantitative estimate of drug-likeness (QED) is 0.648. The molecule has 1 aliphatic rings. The molecule has 1 aromatic rings. The highest BCUT2D eigenvalue weighted by Crippen LogP contribution is 2.31. The zero-order valence-electron chi connectivity index (χ0n) is 13.0. The van der Waals surface area contributed by atoms with Crippen LogP contribution < -0.4 is 11.1 Å². The largest absolute Gasteiger partial charge is 0.381 e. The number of halogens is 1. The van der Waals surface area contributed by atoms with Crippen LogP contribution in [0.2, 0.25) is 0 Å². The molecular weight excluding hydrogens is 300 g/mol. The zero-order valence-corrected chi connectivity index (χ0v) is 13.8. The van der Waals surface area contributed by atoms with Crippen LogP contribution in [-0.4, -0.2) is 31.7 Å². The summed E-state index contributed by atoms with van der Waals surface area (Å²) in [6, 6.07) is 10.4. The summed E-state index contributed by atoms with van der Waals surface area (Å²) in [4.78, 5) is 11.6. The molecule has 2 rings (SSSR count). The van der Waals surface area contributed by atoms with Crippen LogP contribution in [0, 0.1) is 5.92 Å². The molecule has 0 heterocycles. The highest BCUT2D eigenvalue weighted by Gasteiger charge is 2.28. The number of benzene rings is 1. The lowest BCUT2D eigenvalue weighted by molar-refractivity contribution is -0.121. The van der Waals surface area contributed by atoms with E-state index in [-0.39, 0.29) is 24.4 Å². The van der Waals surface area contributed by atoms with E-state index < -0.39 is 0 Å². The smallest absolute Gasteiger partial charge is 0.220 e. The van der Waals surface area contributed by atoms with Gasteiger partial charge in [-0.3, -0.25) is 4.79 Å². The number of hydrogen-bond acceptors (Lipinski definition) is 3. The topological polar surface area (TPSA) is 64.3 Å². The van der Waals surface area contributed by atoms with Crippen molar-refractivity contribution in [3.05, 3.63) is 35.9 Å². The first kappa shape index (κ1) is 18.9. The zero-order chi connectivity index (χ0) is 14.9. The van der Waals surface area contributed by atoms with Gasteiger partial charge < -0.3 is 15.8 Å². The van der Waals surface area contributed by atoms with Gasteiger partial charge in [0, 0.05) is 25.6 Å². The fourth-order valence-corrected chi connectivity index (χ4v) is 2.28. The second-order valence-electron chi connectivity index (χ2n) is 5.76. The van der Waals surface area contributed by atoms with Crippen LogP contribution in [0.25, 0.3) is 0 Å². The molecule has 0 spiro atoms. The normalized spacial score (nSPS) is 15.0. The van der Waals surface area contributed by atoms with Crippen molar-refractivity contribution in [3.63, 3.8) is 0 Å². The van der Waals surface area contributed by atoms with Gasteiger partial charge in [0.2, 0.25) is 5.91 Å². The maximum atomic E-state index is 11.6. The summed E-state index contributed by atoms with van der Waals surface area (Å²) < 4.78 is 5.56. The molecular formula is C17H27ClN2O2. The van der Waals surface area contributed by atoms with E-state index >= 15 is 0 Å². The first-order chi connectivity index (χ1) is 10.3. The number of ether oxygens (including phenoxy) is 1. The Morgan fingerprint density at radius 2 is 2.00 bits per heavy atom. The Morgan fingerprint density at radius 3 is 2.68 bits per heavy atom. The average Bonchev–Trinajstić information content (AvgIpc) is 3.34. The first-order valence-electron chi connectivity index (χ1n) is 7.89. The van der Waals surface area contributed by atoms with E-state index in [1.165, 1.54) is 18.4 Å². The molecule has 4 nitrogen and oxygen atoms in total. The molecule has 1 saturated carbocycles. The number of carbonyl (C=O) groups is 1. The average molecular weight is 327 g/mol. The Kier molecular flexibility index (Phi) is 9.13. The van der Waals surface area contributed by atoms with Gasteiger partial charge >= 0.3 is 0 Å². The standard InChI is InChI=1S/C17H26N2O2.ClH/c18-16(15-8-9-15)13-19-17(20)7-4-11-21-12-10-14-5-2-1-3-6-14;/h1-3,5-6,15-16H,4,7-13,18H2,(H,19,20);1H. The third-order valence-electron chi connectivity index (χ3n) is 3.83. The van der Waals surface area contributed by atoms with Crippen LogP contribution in [0.4, 0.5) is 0 Å². The molecule has 0 aliphatic heterocycles. The monoisotopic (exact) mass is 326 g/mol. The SMILES string of the molecule is Cl.NC(CNC(=O)CCCOCCc1ccccc1)C1CC1. The molecule has 1 unspecified atom stereocenters. The van der Waals surface area contributed by atoms with E-state index in [9.17, 15) is 4.79 Å². The van der Waals surface area contributed by atoms with E-state index in [2.05, 4.69) is 17.4 Å². The summed E-state index contributed by atoms with van der Waals surface area (Å²) >= 11 is 0. The van der Waals surface area contributed by atoms with E-state index in [0.29, 0.717) is 32.1 Å². The van der Waals surface area contributed by atoms with Crippen LogP contribution in [0.15, 0.2) is 30.3 Å². The summed E-state index contributed by atoms with van der Waals surface area (Å²) in [5.74, 6) is 0.712. The highest BCUT2D eigenvalue weighted by molar-refractivity contribution is 5.85. The predicted octanol–water partition coefficient (Wildman–Crippen LogP) is 2.30. The van der Waals surface area contributed by atoms with Crippen LogP contribution in [0.3, 0.4) is 0 Å². The van der Waals surface area contributed by atoms with Crippen molar-refractivity contribution in [3.8, 4) is 0 Å². The Labute approximate surface area is 139 Å². The lowest BCUT2D eigenvalue weighted by atomic mass is 10.2. The van der Waals surface area contributed by atoms with Gasteiger partial charge in [-0.05, 0) is 37.2 Å². The minimum Gasteiger partial charge on any atom is -0.381 e. The van der Waals surface area contributed by atoms with Gasteiger partial charge in [0.15, 0.2) is 0 Å². The van der Waals surface area contributed by atoms with Gasteiger partial charge in [0.1, 0.15) is 0 Å². The van der Waals surface area contributed by atoms with Gasteiger partial charge in [-0.25, -0.2) is 0 Å². The van der Waals surface area contributed by atoms with Crippen LogP contribution in [-0.2, 0) is 16.0 Å². The summed E-state index contributed by atoms with van der Waals surface area (Å²) in [7, 11) is 0. The van der Waals surface area contributed by atoms with Crippen LogP contribution >= 0.6 is 12.4 Å². The molecule has 1 atom stereocenters. The summed E-state index contributed by atoms with van der Waals surface area (Å²) in [6.07, 6.45) is 4.63. The summed E-state index contributed by atoms with van der Waals surface area (Å²) in [5, 5.41) is 2.90. The molecule has 1 aliphatic carbocycles. The lowest BCUT2D eigenvalue weighted by Gasteiger charge is -2.11. The van der Waals surface area contributed by atoms with Gasteiger partial charge in [-0.15, -0.1) is 12.4 Å². The fourth-order valence-electron chi connectivity index (χ4n) is 2.28. The molecule has 0 bridgehead atoms. The number of rotatable bonds is 10. The Morgan fingerprint density at radius 1 is 1.27 bits per heavy atom. The van der Waals surface area contributed by atoms with Crippen molar-refractivity contribution in [2.24, 2.45) is 11.7 Å². The van der Waals surface area contributed by atoms with Crippen molar-refractivity contribution < 1.29 is 9.53 Å². The van der Waals surface area contributed by atoms with Crippen molar-refractivity contribution in [1.82, 2.24) is 5.32 Å². The molecule has 1 amide bonds. The van der Waals surface area contributed by atoms with E-state index in [4.69, 9.17) is 10.5 Å². The molecule has 124 valence electrons. The van der Waals surface area contributed by atoms with Crippen molar-refractivity contribution in [2.45, 2.75) is 38.1 Å². The number of nitrogens with one attached hydrogen (secondary N) is 1. The first-order valence-corrected chi connectivity index (χ1v) is 7.89. The second-order valence-corrected chi connectivity index (χ2v) is 5.76. The third-order valence-corrected chi connectivity index (χ3v) is 3.83. The molecule has 0 saturated heterocycles. The highest BCUT2D eigenvalue weighted by atomic mass is 35.5. The Bertz CT molecular complexity index is 424. The molecule has 5 heteroatoms. The number of hydrogen-bond donors (Lipinski definition) is 2. The second kappa shape index (κ2) is 10.6. The van der Waals surface area contributed by atoms with E-state index in [1.807, 2.05) is 18.2 Å². The van der Waals surface area contributed by atoms with Gasteiger partial charge in [0.25, 0.3) is 0 Å². The predicted molar refractivity (Wildman–Crippen MR) is 91.2 cm³/mol. The molecule has 3 N–H and O–H groups in total. The maximum Gasteiger partial charge on any atom is 0.220 e. The van der Waals surface area contributed by atoms with Gasteiger partial charge in [-0.2, -0.15) is 0 Å². The number of amides is 1. The minimum absolute atomic E-state index is 0. The molecule has 1 fully saturated rings. The summed E-state index contributed by atoms with van der Waals surface area (Å²) in [6.45, 7) is 1.95. The van der Waals surface area contributed by atoms with Crippen LogP contribution in [0.5, 0.6) is 0 Å². The van der Waals surface area contributed by atoms with Gasteiger partial charge in [-0.1, -0.05) is 30.3 Å². The van der Waals surface area contributed by atoms with E-state index in [1.54, 1.807) is 0 Å². The van der Waals surface area contributed by atoms with E-state index in [0.717, 1.165) is 12.8 Å². The Balaban J connectivity index is 0.00000242. The summed E-state index contributed by atoms with van der Waals surface area (Å²) in [5.41, 5.74) is 7.22. The maximum absolute atomic E-state index is 11.6. The lowest BCUT2D eigenvalue weighted by Crippen LogP contribution is -2.38. The number of nitrogens with two attached hydrogens (primary N) is 1. The van der Waals surface area contributed by atoms with Gasteiger partial charge in [0.05, 0.1) is 6.61 Å². The van der Waals surface area contributed by atoms with Crippen LogP contribution in [0.1, 0.15) is 31.2 Å². The Hall–Kier alpha value is -1.10. The van der Waals surface area contributed by atoms with Crippen molar-refractivity contribution in [1.29, 1.82) is 0 Å².